The number of nitrogens with zero attached hydrogens (tertiary/aromatic N) is 13. The van der Waals surface area contributed by atoms with E-state index in [9.17, 15) is 30.3 Å². The van der Waals surface area contributed by atoms with Crippen LogP contribution < -0.4 is 11.5 Å². The molecule has 123 heavy (non-hydrogen) atoms. The van der Waals surface area contributed by atoms with E-state index in [0.29, 0.717) is 23.0 Å². The molecule has 0 aliphatic carbocycles. The first-order valence-electron chi connectivity index (χ1n) is 42.6. The number of rotatable bonds is 18. The zero-order valence-corrected chi connectivity index (χ0v) is 79.9. The van der Waals surface area contributed by atoms with E-state index in [-0.39, 0.29) is 74.8 Å². The first-order chi connectivity index (χ1) is 58.1. The Bertz CT molecular complexity index is 5390. The molecule has 0 saturated carbocycles. The third-order valence-electron chi connectivity index (χ3n) is 24.1. The number of aliphatic hydroxyl groups is 1. The number of aromatic nitrogens is 5. The van der Waals surface area contributed by atoms with Gasteiger partial charge >= 0.3 is 0 Å². The predicted molar refractivity (Wildman–Crippen MR) is 531 cm³/mol. The van der Waals surface area contributed by atoms with Gasteiger partial charge in [0.15, 0.2) is 0 Å². The number of benzene rings is 5. The zero-order valence-electron chi connectivity index (χ0n) is 73.6. The zero-order chi connectivity index (χ0) is 87.0. The van der Waals surface area contributed by atoms with Crippen LogP contribution in [0.5, 0.6) is 0 Å². The number of fused-ring (bicyclic) bond motifs is 5. The summed E-state index contributed by atoms with van der Waals surface area (Å²) in [7, 11) is 11.1. The summed E-state index contributed by atoms with van der Waals surface area (Å²) in [6.07, 6.45) is 20.8. The van der Waals surface area contributed by atoms with Gasteiger partial charge in [0, 0.05) is 187 Å². The van der Waals surface area contributed by atoms with Crippen molar-refractivity contribution >= 4 is 176 Å². The summed E-state index contributed by atoms with van der Waals surface area (Å²) in [5, 5.41) is 57.1. The average molecular weight is 1890 g/mol. The number of H-pyrrole nitrogens is 1. The van der Waals surface area contributed by atoms with Gasteiger partial charge in [-0.15, -0.1) is 82.4 Å². The number of amidine groups is 1. The van der Waals surface area contributed by atoms with Gasteiger partial charge in [-0.25, -0.2) is 4.99 Å². The molecule has 5 aliphatic rings. The molecule has 24 nitrogen and oxygen atoms in total. The number of thioether (sulfide) groups is 1. The van der Waals surface area contributed by atoms with E-state index in [4.69, 9.17) is 33.6 Å². The second-order valence-corrected chi connectivity index (χ2v) is 35.7. The number of aryl methyl sites for hydroxylation is 8. The van der Waals surface area contributed by atoms with Gasteiger partial charge in [0.05, 0.1) is 30.2 Å². The summed E-state index contributed by atoms with van der Waals surface area (Å²) in [6.45, 7) is 22.8. The number of nitro benzene ring substituents is 3. The van der Waals surface area contributed by atoms with Gasteiger partial charge in [0.25, 0.3) is 17.1 Å². The van der Waals surface area contributed by atoms with Crippen LogP contribution in [0.1, 0.15) is 148 Å². The van der Waals surface area contributed by atoms with Crippen LogP contribution in [0, 0.1) is 70.4 Å². The summed E-state index contributed by atoms with van der Waals surface area (Å²) < 4.78 is 9.53. The SMILES string of the molecule is CCO.CN1CCCC1CCCl.CSC(=N)c1cccs1.Cc1cc2cc(N)ccc2n1CCC1CCCN1C.Cc1cc2cc(N=C(N)c3cccs3)ccc2n1CCC1CCCN1C.Cc1cc2cc([N+](=O)[O-])ccc2[nH]1.Cc1cc2cc([N+](=O)[O-])ccc2n1C1CCCN(C)CC1.Cc1cc2cc([N+](=O)[O-])ccc2n1CCC1CCCN1C.Cl.I. The largest absolute Gasteiger partial charge is 0.399 e. The molecule has 5 aliphatic heterocycles. The van der Waals surface area contributed by atoms with Crippen molar-refractivity contribution in [1.29, 1.82) is 5.41 Å². The van der Waals surface area contributed by atoms with Crippen LogP contribution in [0.3, 0.4) is 0 Å². The first kappa shape index (κ1) is 100. The maximum absolute atomic E-state index is 10.9. The van der Waals surface area contributed by atoms with Crippen molar-refractivity contribution in [3.05, 3.63) is 225 Å². The van der Waals surface area contributed by atoms with Gasteiger partial charge in [-0.1, -0.05) is 12.1 Å². The van der Waals surface area contributed by atoms with Crippen LogP contribution in [-0.4, -0.2) is 196 Å². The Balaban J connectivity index is 0.000000181. The van der Waals surface area contributed by atoms with Crippen LogP contribution in [0.25, 0.3) is 54.5 Å². The lowest BCUT2D eigenvalue weighted by atomic mass is 10.1. The summed E-state index contributed by atoms with van der Waals surface area (Å²) in [5.41, 5.74) is 26.0. The minimum absolute atomic E-state index is 0. The molecule has 12 aromatic rings. The van der Waals surface area contributed by atoms with Crippen LogP contribution in [0.15, 0.2) is 161 Å². The Morgan fingerprint density at radius 1 is 0.528 bits per heavy atom. The highest BCUT2D eigenvalue weighted by Crippen LogP contribution is 2.35. The number of hydrogen-bond donors (Lipinski definition) is 5. The molecular weight excluding hydrogens is 1760 g/mol. The van der Waals surface area contributed by atoms with Gasteiger partial charge in [0.1, 0.15) is 10.9 Å². The average Bonchev–Trinajstić information content (AvgIpc) is 1.69. The summed E-state index contributed by atoms with van der Waals surface area (Å²) in [6, 6.07) is 49.6. The molecule has 7 aromatic heterocycles. The molecule has 0 spiro atoms. The summed E-state index contributed by atoms with van der Waals surface area (Å²) in [5.74, 6) is 1.40. The number of likely N-dealkylation sites (tertiary alicyclic amines) is 5. The maximum atomic E-state index is 10.9. The molecule has 0 bridgehead atoms. The monoisotopic (exact) mass is 1890 g/mol. The smallest absolute Gasteiger partial charge is 0.270 e. The minimum atomic E-state index is -0.387. The number of nitrogens with two attached hydrogens (primary N) is 2. The highest BCUT2D eigenvalue weighted by Gasteiger charge is 2.26. The Morgan fingerprint density at radius 3 is 1.38 bits per heavy atom. The molecule has 5 saturated heterocycles. The van der Waals surface area contributed by atoms with Crippen molar-refractivity contribution in [3.8, 4) is 0 Å². The maximum Gasteiger partial charge on any atom is 0.270 e. The van der Waals surface area contributed by atoms with E-state index in [2.05, 4.69) is 164 Å². The number of halogens is 3. The van der Waals surface area contributed by atoms with Crippen molar-refractivity contribution in [2.24, 2.45) is 10.7 Å². The van der Waals surface area contributed by atoms with E-state index in [1.54, 1.807) is 66.0 Å². The highest BCUT2D eigenvalue weighted by molar-refractivity contribution is 14.0. The number of anilines is 1. The lowest BCUT2D eigenvalue weighted by Crippen LogP contribution is -2.26. The molecule has 12 heterocycles. The first-order valence-corrected chi connectivity index (χ1v) is 46.1. The molecule has 0 radical (unpaired) electrons. The summed E-state index contributed by atoms with van der Waals surface area (Å²) >= 11 is 10.3. The molecule has 666 valence electrons. The third kappa shape index (κ3) is 27.9. The second kappa shape index (κ2) is 49.0. The van der Waals surface area contributed by atoms with E-state index in [1.807, 2.05) is 78.5 Å². The number of aliphatic hydroxyl groups excluding tert-OH is 1. The number of non-ortho nitro benzene ring substituents is 3. The molecule has 30 heteroatoms. The van der Waals surface area contributed by atoms with Crippen LogP contribution in [0.2, 0.25) is 0 Å². The Kier molecular flexibility index (Phi) is 39.9. The quantitative estimate of drug-likeness (QED) is 0.0101. The van der Waals surface area contributed by atoms with E-state index >= 15 is 0 Å². The minimum Gasteiger partial charge on any atom is -0.399 e. The fourth-order valence-electron chi connectivity index (χ4n) is 17.6. The molecule has 17 rings (SSSR count). The van der Waals surface area contributed by atoms with Crippen molar-refractivity contribution in [3.63, 3.8) is 0 Å². The molecule has 5 atom stereocenters. The van der Waals surface area contributed by atoms with Gasteiger partial charge in [-0.05, 0) is 326 Å². The fraction of sp³-hybridized carbons (Fsp3) is 0.462. The van der Waals surface area contributed by atoms with Crippen molar-refractivity contribution in [2.75, 3.05) is 99.0 Å². The number of thiophene rings is 2. The molecule has 5 fully saturated rings. The van der Waals surface area contributed by atoms with E-state index in [1.165, 1.54) is 166 Å². The Hall–Kier alpha value is -8.24. The Labute approximate surface area is 765 Å². The number of hydrogen-bond acceptors (Lipinski definition) is 18. The fourth-order valence-corrected chi connectivity index (χ4v) is 19.7. The summed E-state index contributed by atoms with van der Waals surface area (Å²) in [4.78, 5) is 53.2. The lowest BCUT2D eigenvalue weighted by molar-refractivity contribution is -0.384. The molecular formula is C93H128Cl2IN17O7S3. The lowest BCUT2D eigenvalue weighted by Gasteiger charge is -2.20. The van der Waals surface area contributed by atoms with Crippen molar-refractivity contribution in [1.82, 2.24) is 47.8 Å². The molecule has 5 aromatic carbocycles. The second-order valence-electron chi connectivity index (χ2n) is 32.7. The van der Waals surface area contributed by atoms with E-state index in [0.717, 1.165) is 136 Å². The van der Waals surface area contributed by atoms with Gasteiger partial charge in [-0.3, -0.25) is 35.8 Å². The number of aliphatic imine (C=N–C) groups is 1. The van der Waals surface area contributed by atoms with Gasteiger partial charge in [0.2, 0.25) is 0 Å². The molecule has 7 N–H and O–H groups in total. The number of nitrogens with one attached hydrogen (secondary N) is 2. The van der Waals surface area contributed by atoms with Gasteiger partial charge < -0.3 is 64.3 Å². The van der Waals surface area contributed by atoms with Crippen molar-refractivity contribution in [2.45, 2.75) is 188 Å². The molecule has 5 unspecified atom stereocenters. The predicted octanol–water partition coefficient (Wildman–Crippen LogP) is 22.0. The Morgan fingerprint density at radius 2 is 0.935 bits per heavy atom. The number of aromatic amines is 1. The standard InChI is InChI=1S/C21H26N4S.2C16H21N3O2.C16H23N3.C9H8N2O2.C7H14ClN.C6H7NS2.C2H6O.ClH.HI/c1-15-13-16-14-17(23-21(22)20-6-4-12-26-20)7-8-19(16)25(15)11-9-18-5-3-10-24(18)2;1-12-10-13-11-15(19(20)21)5-6-16(13)18(12)9-7-14-4-3-8-17(14)2;1-12-10-13-11-15(19(20)21)5-6-16(13)18(12)14-4-3-8-17(2)9-7-14;1-12-10-13-11-14(17)5-6-16(13)19(12)9-7-15-4-3-8-18(15)2;1-6-4-7-5-8(11(12)13)2-3-9(7)10-6;1-9-6-2-3-7(9)4-5-8;1-8-6(7)5-3-2-4-9-5;1-2-3;;/h4,6-8,12-14,18H,3,5,9-11H2,1-2H3,(H2,22,23);2*5-6,10-11,14H,3-4,7-9H2,1-2H3;5-6,10-11,15H,3-4,7-9,17H2,1-2H3;2-5,10H,1H3;7H,2-6H2,1H3;2-4,7H,1H3;3H,2H2,1H3;2*1H. The van der Waals surface area contributed by atoms with Crippen LogP contribution in [0.4, 0.5) is 28.4 Å². The normalized spacial score (nSPS) is 18.1. The van der Waals surface area contributed by atoms with Crippen LogP contribution >= 0.6 is 82.4 Å². The topological polar surface area (TPSA) is 290 Å². The number of nitrogen functional groups attached to an aromatic ring is 1. The van der Waals surface area contributed by atoms with Crippen molar-refractivity contribution < 1.29 is 19.9 Å². The molecule has 0 amide bonds. The van der Waals surface area contributed by atoms with Gasteiger partial charge in [-0.2, -0.15) is 0 Å². The number of alkyl halides is 1. The highest BCUT2D eigenvalue weighted by atomic mass is 127. The number of nitro groups is 3. The third-order valence-corrected chi connectivity index (χ3v) is 26.9. The van der Waals surface area contributed by atoms with Crippen LogP contribution in [-0.2, 0) is 19.6 Å². The van der Waals surface area contributed by atoms with E-state index < -0.39 is 0 Å².